The molecule has 0 fully saturated rings. The molecule has 0 bridgehead atoms. The zero-order valence-corrected chi connectivity index (χ0v) is 12.4. The predicted molar refractivity (Wildman–Crippen MR) is 88.3 cm³/mol. The maximum Gasteiger partial charge on any atom is 0.0942 e. The van der Waals surface area contributed by atoms with Gasteiger partial charge in [-0.25, -0.2) is 0 Å². The van der Waals surface area contributed by atoms with E-state index in [1.165, 1.54) is 16.6 Å². The van der Waals surface area contributed by atoms with Crippen molar-refractivity contribution in [3.05, 3.63) is 59.9 Å². The van der Waals surface area contributed by atoms with Gasteiger partial charge in [0.15, 0.2) is 0 Å². The van der Waals surface area contributed by atoms with Crippen molar-refractivity contribution < 1.29 is 0 Å². The Labute approximate surface area is 125 Å². The number of rotatable bonds is 2. The molecule has 0 aliphatic carbocycles. The van der Waals surface area contributed by atoms with Gasteiger partial charge in [-0.05, 0) is 31.0 Å². The van der Waals surface area contributed by atoms with Gasteiger partial charge < -0.3 is 4.98 Å². The Balaban J connectivity index is 0.00000147. The number of fused-ring (bicyclic) bond motifs is 1. The Kier molecular flexibility index (Phi) is 3.96. The van der Waals surface area contributed by atoms with E-state index in [0.29, 0.717) is 0 Å². The van der Waals surface area contributed by atoms with Gasteiger partial charge in [-0.2, -0.15) is 0 Å². The molecule has 0 aliphatic heterocycles. The van der Waals surface area contributed by atoms with Crippen LogP contribution in [0.5, 0.6) is 0 Å². The van der Waals surface area contributed by atoms with E-state index in [0.717, 1.165) is 22.3 Å². The van der Waals surface area contributed by atoms with Crippen molar-refractivity contribution >= 4 is 29.4 Å². The summed E-state index contributed by atoms with van der Waals surface area (Å²) in [4.78, 5) is 7.97. The molecule has 0 aliphatic rings. The lowest BCUT2D eigenvalue weighted by atomic mass is 10.1. The summed E-state index contributed by atoms with van der Waals surface area (Å²) in [6.07, 6.45) is 3.72. The molecule has 0 saturated carbocycles. The van der Waals surface area contributed by atoms with E-state index < -0.39 is 0 Å². The van der Waals surface area contributed by atoms with Gasteiger partial charge in [0.05, 0.1) is 11.2 Å². The lowest BCUT2D eigenvalue weighted by Gasteiger charge is -2.03. The molecule has 2 nitrogen and oxygen atoms in total. The number of hydrogen-bond acceptors (Lipinski definition) is 1. The number of aromatic amines is 1. The third-order valence-electron chi connectivity index (χ3n) is 3.65. The number of hydrogen-bond donors (Lipinski definition) is 1. The van der Waals surface area contributed by atoms with Crippen LogP contribution in [0.25, 0.3) is 28.2 Å². The molecule has 0 unspecified atom stereocenters. The highest BCUT2D eigenvalue weighted by Crippen LogP contribution is 2.29. The van der Waals surface area contributed by atoms with Crippen LogP contribution in [0.3, 0.4) is 0 Å². The fourth-order valence-electron chi connectivity index (χ4n) is 2.38. The molecule has 1 aromatic carbocycles. The van der Waals surface area contributed by atoms with Crippen molar-refractivity contribution in [3.63, 3.8) is 0 Å². The molecule has 0 amide bonds. The van der Waals surface area contributed by atoms with Crippen LogP contribution in [0.1, 0.15) is 16.8 Å². The molecule has 0 saturated heterocycles. The predicted octanol–water partition coefficient (Wildman–Crippen LogP) is 4.91. The number of nitrogens with zero attached hydrogens (tertiary/aromatic N) is 1. The first kappa shape index (κ1) is 14.4. The molecule has 0 radical (unpaired) electrons. The number of halogens is 1. The van der Waals surface area contributed by atoms with Gasteiger partial charge in [0.1, 0.15) is 0 Å². The van der Waals surface area contributed by atoms with E-state index in [1.54, 1.807) is 0 Å². The first-order chi connectivity index (χ1) is 9.20. The number of pyridine rings is 1. The van der Waals surface area contributed by atoms with Gasteiger partial charge in [0.25, 0.3) is 0 Å². The molecule has 2 heterocycles. The van der Waals surface area contributed by atoms with E-state index in [9.17, 15) is 0 Å². The van der Waals surface area contributed by atoms with Gasteiger partial charge in [-0.15, -0.1) is 12.4 Å². The topological polar surface area (TPSA) is 28.7 Å². The third kappa shape index (κ3) is 2.23. The fraction of sp³-hybridized carbons (Fsp3) is 0.118. The Bertz CT molecular complexity index is 755. The normalized spacial score (nSPS) is 10.3. The fourth-order valence-corrected chi connectivity index (χ4v) is 2.38. The van der Waals surface area contributed by atoms with E-state index >= 15 is 0 Å². The summed E-state index contributed by atoms with van der Waals surface area (Å²) in [7, 11) is 0. The van der Waals surface area contributed by atoms with Crippen LogP contribution in [-0.2, 0) is 0 Å². The molecule has 0 atom stereocenters. The van der Waals surface area contributed by atoms with E-state index in [-0.39, 0.29) is 12.4 Å². The average molecular weight is 285 g/mol. The zero-order chi connectivity index (χ0) is 13.4. The van der Waals surface area contributed by atoms with Gasteiger partial charge in [-0.1, -0.05) is 36.9 Å². The quantitative estimate of drug-likeness (QED) is 0.711. The monoisotopic (exact) mass is 284 g/mol. The molecule has 2 aromatic heterocycles. The number of H-pyrrole nitrogens is 1. The van der Waals surface area contributed by atoms with Crippen LogP contribution in [-0.4, -0.2) is 9.97 Å². The largest absolute Gasteiger partial charge is 0.357 e. The van der Waals surface area contributed by atoms with E-state index in [4.69, 9.17) is 0 Å². The van der Waals surface area contributed by atoms with Crippen molar-refractivity contribution in [2.24, 2.45) is 0 Å². The SMILES string of the molecule is C=Cc1ccc(-c2nccc3c(C)c(C)[nH]c23)cc1.Cl. The van der Waals surface area contributed by atoms with Crippen LogP contribution in [0, 0.1) is 13.8 Å². The van der Waals surface area contributed by atoms with Crippen molar-refractivity contribution in [2.75, 3.05) is 0 Å². The minimum atomic E-state index is 0. The Morgan fingerprint density at radius 3 is 2.45 bits per heavy atom. The number of benzene rings is 1. The van der Waals surface area contributed by atoms with Gasteiger partial charge >= 0.3 is 0 Å². The van der Waals surface area contributed by atoms with Crippen molar-refractivity contribution in [1.82, 2.24) is 9.97 Å². The second kappa shape index (κ2) is 5.51. The van der Waals surface area contributed by atoms with Crippen LogP contribution < -0.4 is 0 Å². The molecule has 0 spiro atoms. The molecular weight excluding hydrogens is 268 g/mol. The molecule has 1 N–H and O–H groups in total. The highest BCUT2D eigenvalue weighted by atomic mass is 35.5. The lowest BCUT2D eigenvalue weighted by Crippen LogP contribution is -1.85. The summed E-state index contributed by atoms with van der Waals surface area (Å²) >= 11 is 0. The summed E-state index contributed by atoms with van der Waals surface area (Å²) in [5.74, 6) is 0. The minimum Gasteiger partial charge on any atom is -0.357 e. The number of aromatic nitrogens is 2. The van der Waals surface area contributed by atoms with Crippen molar-refractivity contribution in [1.29, 1.82) is 0 Å². The Morgan fingerprint density at radius 1 is 1.10 bits per heavy atom. The molecule has 3 rings (SSSR count). The Morgan fingerprint density at radius 2 is 1.80 bits per heavy atom. The molecule has 3 aromatic rings. The summed E-state index contributed by atoms with van der Waals surface area (Å²) in [6, 6.07) is 10.4. The zero-order valence-electron chi connectivity index (χ0n) is 11.6. The molecule has 3 heteroatoms. The summed E-state index contributed by atoms with van der Waals surface area (Å²) in [5, 5.41) is 1.25. The van der Waals surface area contributed by atoms with Crippen molar-refractivity contribution in [2.45, 2.75) is 13.8 Å². The maximum atomic E-state index is 4.53. The van der Waals surface area contributed by atoms with Gasteiger partial charge in [-0.3, -0.25) is 4.98 Å². The standard InChI is InChI=1S/C17H16N2.ClH/c1-4-13-5-7-14(8-6-13)16-17-15(9-10-18-16)11(2)12(3)19-17;/h4-10,19H,1H2,2-3H3;1H. The molecule has 102 valence electrons. The van der Waals surface area contributed by atoms with Crippen LogP contribution >= 0.6 is 12.4 Å². The van der Waals surface area contributed by atoms with E-state index in [2.05, 4.69) is 60.7 Å². The highest BCUT2D eigenvalue weighted by molar-refractivity contribution is 5.94. The summed E-state index contributed by atoms with van der Waals surface area (Å²) < 4.78 is 0. The second-order valence-corrected chi connectivity index (χ2v) is 4.78. The second-order valence-electron chi connectivity index (χ2n) is 4.78. The maximum absolute atomic E-state index is 4.53. The van der Waals surface area contributed by atoms with Crippen LogP contribution in [0.15, 0.2) is 43.1 Å². The van der Waals surface area contributed by atoms with E-state index in [1.807, 2.05) is 12.3 Å². The number of aryl methyl sites for hydroxylation is 2. The van der Waals surface area contributed by atoms with Gasteiger partial charge in [0, 0.05) is 22.8 Å². The summed E-state index contributed by atoms with van der Waals surface area (Å²) in [5.41, 5.74) is 6.86. The lowest BCUT2D eigenvalue weighted by molar-refractivity contribution is 1.25. The van der Waals surface area contributed by atoms with Crippen LogP contribution in [0.4, 0.5) is 0 Å². The first-order valence-corrected chi connectivity index (χ1v) is 6.37. The first-order valence-electron chi connectivity index (χ1n) is 6.37. The molecular formula is C17H17ClN2. The smallest absolute Gasteiger partial charge is 0.0942 e. The Hall–Kier alpha value is -2.06. The average Bonchev–Trinajstić information content (AvgIpc) is 2.75. The minimum absolute atomic E-state index is 0. The highest BCUT2D eigenvalue weighted by Gasteiger charge is 2.10. The summed E-state index contributed by atoms with van der Waals surface area (Å²) in [6.45, 7) is 8.01. The molecule has 20 heavy (non-hydrogen) atoms. The van der Waals surface area contributed by atoms with Gasteiger partial charge in [0.2, 0.25) is 0 Å². The van der Waals surface area contributed by atoms with Crippen LogP contribution in [0.2, 0.25) is 0 Å². The third-order valence-corrected chi connectivity index (χ3v) is 3.65. The van der Waals surface area contributed by atoms with Crippen molar-refractivity contribution in [3.8, 4) is 11.3 Å². The number of nitrogens with one attached hydrogen (secondary N) is 1.